The highest BCUT2D eigenvalue weighted by molar-refractivity contribution is 6.05. The summed E-state index contributed by atoms with van der Waals surface area (Å²) in [6.45, 7) is 2.17. The Labute approximate surface area is 116 Å². The van der Waals surface area contributed by atoms with E-state index in [0.717, 1.165) is 0 Å². The van der Waals surface area contributed by atoms with E-state index in [9.17, 15) is 9.18 Å². The second kappa shape index (κ2) is 6.06. The molecule has 0 aromatic heterocycles. The van der Waals surface area contributed by atoms with Gasteiger partial charge in [-0.15, -0.1) is 0 Å². The highest BCUT2D eigenvalue weighted by atomic mass is 19.1. The first-order valence-electron chi connectivity index (χ1n) is 6.19. The van der Waals surface area contributed by atoms with Gasteiger partial charge in [-0.3, -0.25) is 4.79 Å². The molecule has 0 aliphatic carbocycles. The summed E-state index contributed by atoms with van der Waals surface area (Å²) >= 11 is 0. The van der Waals surface area contributed by atoms with Gasteiger partial charge in [0, 0.05) is 17.3 Å². The van der Waals surface area contributed by atoms with Gasteiger partial charge in [-0.1, -0.05) is 0 Å². The van der Waals surface area contributed by atoms with Gasteiger partial charge in [-0.25, -0.2) is 4.39 Å². The van der Waals surface area contributed by atoms with E-state index < -0.39 is 5.82 Å². The van der Waals surface area contributed by atoms with Crippen LogP contribution in [0.1, 0.15) is 17.3 Å². The molecule has 2 rings (SSSR count). The van der Waals surface area contributed by atoms with Crippen LogP contribution < -0.4 is 15.8 Å². The van der Waals surface area contributed by atoms with Crippen molar-refractivity contribution in [1.82, 2.24) is 0 Å². The molecule has 0 saturated carbocycles. The van der Waals surface area contributed by atoms with E-state index in [4.69, 9.17) is 10.5 Å². The molecule has 0 radical (unpaired) electrons. The summed E-state index contributed by atoms with van der Waals surface area (Å²) in [4.78, 5) is 12.1. The number of amides is 1. The summed E-state index contributed by atoms with van der Waals surface area (Å²) < 4.78 is 18.5. The molecule has 3 N–H and O–H groups in total. The summed E-state index contributed by atoms with van der Waals surface area (Å²) in [5, 5.41) is 2.69. The molecule has 5 heteroatoms. The zero-order valence-corrected chi connectivity index (χ0v) is 11.0. The fraction of sp³-hybridized carbons (Fsp3) is 0.133. The number of hydrogen-bond acceptors (Lipinski definition) is 3. The first kappa shape index (κ1) is 13.9. The first-order chi connectivity index (χ1) is 9.60. The number of halogens is 1. The van der Waals surface area contributed by atoms with Crippen molar-refractivity contribution in [3.05, 3.63) is 53.8 Å². The highest BCUT2D eigenvalue weighted by Crippen LogP contribution is 2.26. The minimum atomic E-state index is -0.418. The van der Waals surface area contributed by atoms with Crippen molar-refractivity contribution in [2.24, 2.45) is 0 Å². The van der Waals surface area contributed by atoms with Crippen LogP contribution in [0.2, 0.25) is 0 Å². The van der Waals surface area contributed by atoms with Gasteiger partial charge in [0.15, 0.2) is 0 Å². The van der Waals surface area contributed by atoms with Crippen molar-refractivity contribution >= 4 is 17.3 Å². The quantitative estimate of drug-likeness (QED) is 0.842. The lowest BCUT2D eigenvalue weighted by Gasteiger charge is -2.11. The van der Waals surface area contributed by atoms with Crippen molar-refractivity contribution in [3.8, 4) is 5.75 Å². The molecular weight excluding hydrogens is 259 g/mol. The molecule has 1 amide bonds. The Morgan fingerprint density at radius 2 is 1.95 bits per heavy atom. The number of nitrogen functional groups attached to an aromatic ring is 1. The molecule has 0 heterocycles. The topological polar surface area (TPSA) is 64.3 Å². The Bertz CT molecular complexity index is 612. The number of nitrogens with one attached hydrogen (secondary N) is 1. The van der Waals surface area contributed by atoms with Gasteiger partial charge >= 0.3 is 0 Å². The average Bonchev–Trinajstić information content (AvgIpc) is 2.43. The number of rotatable bonds is 4. The standard InChI is InChI=1S/C15H15FN2O2/c1-2-20-14-9-11(16)5-8-13(14)18-15(19)10-3-6-12(17)7-4-10/h3-9H,2,17H2,1H3,(H,18,19). The van der Waals surface area contributed by atoms with Gasteiger partial charge in [-0.05, 0) is 43.3 Å². The molecule has 104 valence electrons. The summed E-state index contributed by atoms with van der Waals surface area (Å²) in [5.74, 6) is -0.423. The van der Waals surface area contributed by atoms with Gasteiger partial charge in [0.2, 0.25) is 0 Å². The third-order valence-electron chi connectivity index (χ3n) is 2.66. The van der Waals surface area contributed by atoms with Gasteiger partial charge in [0.05, 0.1) is 12.3 Å². The number of carbonyl (C=O) groups excluding carboxylic acids is 1. The predicted octanol–water partition coefficient (Wildman–Crippen LogP) is 3.06. The second-order valence-corrected chi connectivity index (χ2v) is 4.15. The maximum Gasteiger partial charge on any atom is 0.255 e. The monoisotopic (exact) mass is 274 g/mol. The SMILES string of the molecule is CCOc1cc(F)ccc1NC(=O)c1ccc(N)cc1. The summed E-state index contributed by atoms with van der Waals surface area (Å²) in [6.07, 6.45) is 0. The summed E-state index contributed by atoms with van der Waals surface area (Å²) in [7, 11) is 0. The second-order valence-electron chi connectivity index (χ2n) is 4.15. The Kier molecular flexibility index (Phi) is 4.20. The van der Waals surface area contributed by atoms with E-state index in [1.54, 1.807) is 31.2 Å². The van der Waals surface area contributed by atoms with E-state index >= 15 is 0 Å². The largest absolute Gasteiger partial charge is 0.492 e. The maximum absolute atomic E-state index is 13.2. The van der Waals surface area contributed by atoms with Crippen molar-refractivity contribution in [2.45, 2.75) is 6.92 Å². The van der Waals surface area contributed by atoms with Crippen LogP contribution in [0.25, 0.3) is 0 Å². The van der Waals surface area contributed by atoms with Gasteiger partial charge < -0.3 is 15.8 Å². The van der Waals surface area contributed by atoms with Crippen LogP contribution in [0.15, 0.2) is 42.5 Å². The fourth-order valence-electron chi connectivity index (χ4n) is 1.70. The van der Waals surface area contributed by atoms with E-state index in [1.807, 2.05) is 0 Å². The Balaban J connectivity index is 2.21. The zero-order valence-electron chi connectivity index (χ0n) is 11.0. The molecule has 0 bridgehead atoms. The molecule has 2 aromatic rings. The van der Waals surface area contributed by atoms with Crippen LogP contribution in [0.4, 0.5) is 15.8 Å². The molecule has 0 fully saturated rings. The minimum absolute atomic E-state index is 0.302. The van der Waals surface area contributed by atoms with E-state index in [-0.39, 0.29) is 5.91 Å². The van der Waals surface area contributed by atoms with Crippen LogP contribution in [-0.2, 0) is 0 Å². The Morgan fingerprint density at radius 3 is 2.60 bits per heavy atom. The van der Waals surface area contributed by atoms with Gasteiger partial charge in [-0.2, -0.15) is 0 Å². The molecule has 2 aromatic carbocycles. The van der Waals surface area contributed by atoms with Crippen LogP contribution >= 0.6 is 0 Å². The molecular formula is C15H15FN2O2. The summed E-state index contributed by atoms with van der Waals surface area (Å²) in [5.41, 5.74) is 7.04. The molecule has 0 atom stereocenters. The normalized spacial score (nSPS) is 10.1. The molecule has 0 aliphatic rings. The summed E-state index contributed by atoms with van der Waals surface area (Å²) in [6, 6.07) is 10.5. The Morgan fingerprint density at radius 1 is 1.25 bits per heavy atom. The fourth-order valence-corrected chi connectivity index (χ4v) is 1.70. The number of hydrogen-bond donors (Lipinski definition) is 2. The predicted molar refractivity (Wildman–Crippen MR) is 76.4 cm³/mol. The lowest BCUT2D eigenvalue weighted by Crippen LogP contribution is -2.13. The van der Waals surface area contributed by atoms with Crippen LogP contribution in [0.3, 0.4) is 0 Å². The molecule has 0 unspecified atom stereocenters. The molecule has 0 spiro atoms. The van der Waals surface area contributed by atoms with Crippen molar-refractivity contribution < 1.29 is 13.9 Å². The number of anilines is 2. The first-order valence-corrected chi connectivity index (χ1v) is 6.19. The number of nitrogens with two attached hydrogens (primary N) is 1. The molecule has 0 saturated heterocycles. The van der Waals surface area contributed by atoms with Crippen molar-refractivity contribution in [1.29, 1.82) is 0 Å². The molecule has 20 heavy (non-hydrogen) atoms. The van der Waals surface area contributed by atoms with Gasteiger partial charge in [0.1, 0.15) is 11.6 Å². The molecule has 0 aliphatic heterocycles. The van der Waals surface area contributed by atoms with Crippen LogP contribution in [0, 0.1) is 5.82 Å². The highest BCUT2D eigenvalue weighted by Gasteiger charge is 2.10. The maximum atomic E-state index is 13.2. The lowest BCUT2D eigenvalue weighted by atomic mass is 10.2. The zero-order chi connectivity index (χ0) is 14.5. The lowest BCUT2D eigenvalue weighted by molar-refractivity contribution is 0.102. The third kappa shape index (κ3) is 3.26. The third-order valence-corrected chi connectivity index (χ3v) is 2.66. The Hall–Kier alpha value is -2.56. The van der Waals surface area contributed by atoms with Crippen LogP contribution in [-0.4, -0.2) is 12.5 Å². The smallest absolute Gasteiger partial charge is 0.255 e. The number of benzene rings is 2. The van der Waals surface area contributed by atoms with Crippen molar-refractivity contribution in [3.63, 3.8) is 0 Å². The average molecular weight is 274 g/mol. The van der Waals surface area contributed by atoms with Gasteiger partial charge in [0.25, 0.3) is 5.91 Å². The van der Waals surface area contributed by atoms with Crippen LogP contribution in [0.5, 0.6) is 5.75 Å². The van der Waals surface area contributed by atoms with E-state index in [2.05, 4.69) is 5.32 Å². The number of carbonyl (C=O) groups is 1. The minimum Gasteiger partial charge on any atom is -0.492 e. The van der Waals surface area contributed by atoms with E-state index in [1.165, 1.54) is 18.2 Å². The molecule has 4 nitrogen and oxygen atoms in total. The van der Waals surface area contributed by atoms with E-state index in [0.29, 0.717) is 29.3 Å². The number of ether oxygens (including phenoxy) is 1. The van der Waals surface area contributed by atoms with Crippen molar-refractivity contribution in [2.75, 3.05) is 17.7 Å².